The highest BCUT2D eigenvalue weighted by atomic mass is 16.3. The molecule has 0 radical (unpaired) electrons. The van der Waals surface area contributed by atoms with Crippen LogP contribution in [0.4, 0.5) is 0 Å². The number of carbonyl (C=O) groups excluding carboxylic acids is 1. The van der Waals surface area contributed by atoms with Gasteiger partial charge in [-0.3, -0.25) is 4.79 Å². The molecule has 3 nitrogen and oxygen atoms in total. The molecule has 1 saturated carbocycles. The molecule has 18 heavy (non-hydrogen) atoms. The molecule has 0 aromatic heterocycles. The summed E-state index contributed by atoms with van der Waals surface area (Å²) >= 11 is 0. The van der Waals surface area contributed by atoms with E-state index < -0.39 is 0 Å². The summed E-state index contributed by atoms with van der Waals surface area (Å²) in [5, 5.41) is 12.8. The van der Waals surface area contributed by atoms with Crippen molar-refractivity contribution in [2.45, 2.75) is 25.7 Å². The number of hydrogen-bond donors (Lipinski definition) is 2. The number of Topliss-reactive ketones (excluding diaryl/α,β-unsaturated/α-hetero) is 1. The van der Waals surface area contributed by atoms with Crippen molar-refractivity contribution in [3.63, 3.8) is 0 Å². The predicted molar refractivity (Wildman–Crippen MR) is 69.5 cm³/mol. The van der Waals surface area contributed by atoms with Gasteiger partial charge in [-0.25, -0.2) is 0 Å². The van der Waals surface area contributed by atoms with Crippen LogP contribution in [0.5, 0.6) is 5.75 Å². The van der Waals surface area contributed by atoms with E-state index in [1.807, 2.05) is 6.07 Å². The standard InChI is InChI=1S/C15H19NO2/c17-12-3-1-2-11(8-12)9-14(18)13-10-15(13)4-6-16-7-5-15/h1-3,8,13,16-17H,4-7,9-10H2. The Balaban J connectivity index is 1.63. The third-order valence-electron chi connectivity index (χ3n) is 4.47. The number of benzene rings is 1. The van der Waals surface area contributed by atoms with Crippen molar-refractivity contribution in [2.24, 2.45) is 11.3 Å². The van der Waals surface area contributed by atoms with E-state index in [4.69, 9.17) is 0 Å². The van der Waals surface area contributed by atoms with Crippen LogP contribution in [0, 0.1) is 11.3 Å². The van der Waals surface area contributed by atoms with Crippen molar-refractivity contribution in [3.8, 4) is 5.75 Å². The molecule has 1 aliphatic carbocycles. The molecule has 2 N–H and O–H groups in total. The van der Waals surface area contributed by atoms with Gasteiger partial charge < -0.3 is 10.4 Å². The molecule has 2 fully saturated rings. The number of phenols is 1. The first-order chi connectivity index (χ1) is 8.70. The second kappa shape index (κ2) is 4.39. The lowest BCUT2D eigenvalue weighted by atomic mass is 9.89. The van der Waals surface area contributed by atoms with Crippen LogP contribution in [-0.2, 0) is 11.2 Å². The maximum absolute atomic E-state index is 12.3. The molecule has 1 aliphatic heterocycles. The number of rotatable bonds is 3. The lowest BCUT2D eigenvalue weighted by Crippen LogP contribution is -2.30. The second-order valence-electron chi connectivity index (χ2n) is 5.68. The Kier molecular flexibility index (Phi) is 2.86. The summed E-state index contributed by atoms with van der Waals surface area (Å²) in [6, 6.07) is 7.04. The van der Waals surface area contributed by atoms with Crippen molar-refractivity contribution in [1.82, 2.24) is 5.32 Å². The van der Waals surface area contributed by atoms with Crippen LogP contribution < -0.4 is 5.32 Å². The maximum atomic E-state index is 12.3. The predicted octanol–water partition coefficient (Wildman–Crippen LogP) is 1.89. The van der Waals surface area contributed by atoms with E-state index in [1.165, 1.54) is 0 Å². The number of aromatic hydroxyl groups is 1. The SMILES string of the molecule is O=C(Cc1cccc(O)c1)C1CC12CCNCC2. The van der Waals surface area contributed by atoms with Crippen LogP contribution in [0.15, 0.2) is 24.3 Å². The molecule has 1 aromatic rings. The van der Waals surface area contributed by atoms with Crippen molar-refractivity contribution in [2.75, 3.05) is 13.1 Å². The highest BCUT2D eigenvalue weighted by Gasteiger charge is 2.56. The second-order valence-corrected chi connectivity index (χ2v) is 5.68. The molecule has 1 unspecified atom stereocenters. The molecule has 1 atom stereocenters. The molecular formula is C15H19NO2. The fourth-order valence-electron chi connectivity index (χ4n) is 3.27. The monoisotopic (exact) mass is 245 g/mol. The number of ketones is 1. The summed E-state index contributed by atoms with van der Waals surface area (Å²) in [7, 11) is 0. The molecule has 1 aromatic carbocycles. The summed E-state index contributed by atoms with van der Waals surface area (Å²) in [5.74, 6) is 0.858. The van der Waals surface area contributed by atoms with Crippen LogP contribution in [0.25, 0.3) is 0 Å². The van der Waals surface area contributed by atoms with Gasteiger partial charge in [0.05, 0.1) is 0 Å². The Labute approximate surface area is 107 Å². The van der Waals surface area contributed by atoms with E-state index in [-0.39, 0.29) is 11.7 Å². The number of nitrogens with one attached hydrogen (secondary N) is 1. The lowest BCUT2D eigenvalue weighted by Gasteiger charge is -2.23. The first-order valence-corrected chi connectivity index (χ1v) is 6.71. The Bertz CT molecular complexity index is 463. The highest BCUT2D eigenvalue weighted by Crippen LogP contribution is 2.59. The molecule has 3 heteroatoms. The summed E-state index contributed by atoms with van der Waals surface area (Å²) < 4.78 is 0. The number of piperidine rings is 1. The molecular weight excluding hydrogens is 226 g/mol. The smallest absolute Gasteiger partial charge is 0.140 e. The van der Waals surface area contributed by atoms with Crippen molar-refractivity contribution >= 4 is 5.78 Å². The van der Waals surface area contributed by atoms with E-state index in [0.717, 1.165) is 37.9 Å². The molecule has 1 saturated heterocycles. The van der Waals surface area contributed by atoms with Crippen molar-refractivity contribution in [3.05, 3.63) is 29.8 Å². The first-order valence-electron chi connectivity index (χ1n) is 6.71. The van der Waals surface area contributed by atoms with E-state index in [1.54, 1.807) is 18.2 Å². The number of phenolic OH excluding ortho intramolecular Hbond substituents is 1. The maximum Gasteiger partial charge on any atom is 0.140 e. The van der Waals surface area contributed by atoms with Gasteiger partial charge in [0.25, 0.3) is 0 Å². The minimum absolute atomic E-state index is 0.243. The highest BCUT2D eigenvalue weighted by molar-refractivity contribution is 5.86. The van der Waals surface area contributed by atoms with Crippen LogP contribution in [0.1, 0.15) is 24.8 Å². The van der Waals surface area contributed by atoms with Gasteiger partial charge in [-0.1, -0.05) is 12.1 Å². The van der Waals surface area contributed by atoms with E-state index in [2.05, 4.69) is 5.32 Å². The molecule has 1 spiro atoms. The molecule has 2 aliphatic rings. The molecule has 0 bridgehead atoms. The van der Waals surface area contributed by atoms with Gasteiger partial charge in [-0.15, -0.1) is 0 Å². The van der Waals surface area contributed by atoms with Gasteiger partial charge in [-0.2, -0.15) is 0 Å². The first kappa shape index (κ1) is 11.7. The quantitative estimate of drug-likeness (QED) is 0.855. The summed E-state index contributed by atoms with van der Waals surface area (Å²) in [5.41, 5.74) is 1.25. The fraction of sp³-hybridized carbons (Fsp3) is 0.533. The van der Waals surface area contributed by atoms with E-state index in [9.17, 15) is 9.90 Å². The summed E-state index contributed by atoms with van der Waals surface area (Å²) in [6.07, 6.45) is 3.83. The van der Waals surface area contributed by atoms with Crippen LogP contribution >= 0.6 is 0 Å². The van der Waals surface area contributed by atoms with Gasteiger partial charge >= 0.3 is 0 Å². The summed E-state index contributed by atoms with van der Waals surface area (Å²) in [6.45, 7) is 2.10. The fourth-order valence-corrected chi connectivity index (χ4v) is 3.27. The topological polar surface area (TPSA) is 49.3 Å². The molecule has 0 amide bonds. The minimum atomic E-state index is 0.243. The van der Waals surface area contributed by atoms with Gasteiger partial charge in [-0.05, 0) is 55.5 Å². The number of carbonyl (C=O) groups is 1. The normalized spacial score (nSPS) is 25.0. The lowest BCUT2D eigenvalue weighted by molar-refractivity contribution is -0.120. The third kappa shape index (κ3) is 2.15. The Hall–Kier alpha value is -1.35. The Morgan fingerprint density at radius 2 is 2.17 bits per heavy atom. The van der Waals surface area contributed by atoms with Gasteiger partial charge in [0.2, 0.25) is 0 Å². The van der Waals surface area contributed by atoms with Gasteiger partial charge in [0.15, 0.2) is 0 Å². The van der Waals surface area contributed by atoms with Crippen LogP contribution in [-0.4, -0.2) is 24.0 Å². The van der Waals surface area contributed by atoms with Crippen LogP contribution in [0.3, 0.4) is 0 Å². The zero-order valence-electron chi connectivity index (χ0n) is 10.5. The van der Waals surface area contributed by atoms with E-state index >= 15 is 0 Å². The van der Waals surface area contributed by atoms with Gasteiger partial charge in [0.1, 0.15) is 11.5 Å². The van der Waals surface area contributed by atoms with Crippen molar-refractivity contribution < 1.29 is 9.90 Å². The third-order valence-corrected chi connectivity index (χ3v) is 4.47. The largest absolute Gasteiger partial charge is 0.508 e. The molecule has 1 heterocycles. The summed E-state index contributed by atoms with van der Waals surface area (Å²) in [4.78, 5) is 12.3. The van der Waals surface area contributed by atoms with Gasteiger partial charge in [0, 0.05) is 12.3 Å². The Morgan fingerprint density at radius 3 is 2.89 bits per heavy atom. The molecule has 96 valence electrons. The molecule has 3 rings (SSSR count). The number of hydrogen-bond acceptors (Lipinski definition) is 3. The minimum Gasteiger partial charge on any atom is -0.508 e. The van der Waals surface area contributed by atoms with Crippen molar-refractivity contribution in [1.29, 1.82) is 0 Å². The van der Waals surface area contributed by atoms with Crippen LogP contribution in [0.2, 0.25) is 0 Å². The zero-order valence-corrected chi connectivity index (χ0v) is 10.5. The van der Waals surface area contributed by atoms with E-state index in [0.29, 0.717) is 17.6 Å². The Morgan fingerprint density at radius 1 is 1.39 bits per heavy atom. The average molecular weight is 245 g/mol. The zero-order chi connectivity index (χ0) is 12.6. The average Bonchev–Trinajstić information content (AvgIpc) is 3.04.